The van der Waals surface area contributed by atoms with Gasteiger partial charge in [-0.05, 0) is 12.8 Å². The lowest BCUT2D eigenvalue weighted by Crippen LogP contribution is -2.14. The quantitative estimate of drug-likeness (QED) is 0.833. The van der Waals surface area contributed by atoms with Crippen LogP contribution < -0.4 is 4.74 Å². The number of aromatic nitrogens is 2. The first-order valence-electron chi connectivity index (χ1n) is 5.32. The fourth-order valence-electron chi connectivity index (χ4n) is 1.73. The summed E-state index contributed by atoms with van der Waals surface area (Å²) >= 11 is 0. The van der Waals surface area contributed by atoms with Crippen molar-refractivity contribution in [3.8, 4) is 5.88 Å². The van der Waals surface area contributed by atoms with Crippen LogP contribution in [0.25, 0.3) is 0 Å². The summed E-state index contributed by atoms with van der Waals surface area (Å²) in [6.45, 7) is 0. The molecule has 1 N–H and O–H groups in total. The van der Waals surface area contributed by atoms with Gasteiger partial charge in [0.2, 0.25) is 5.88 Å². The smallest absolute Gasteiger partial charge is 0.308 e. The van der Waals surface area contributed by atoms with Gasteiger partial charge in [-0.15, -0.1) is 0 Å². The monoisotopic (exact) mass is 222 g/mol. The number of hydrogen-bond acceptors (Lipinski definition) is 4. The second-order valence-electron chi connectivity index (χ2n) is 3.96. The number of carboxylic acid groups (broad SMARTS) is 1. The molecule has 1 aromatic heterocycles. The molecule has 2 rings (SSSR count). The van der Waals surface area contributed by atoms with Gasteiger partial charge in [-0.1, -0.05) is 6.42 Å². The van der Waals surface area contributed by atoms with E-state index in [9.17, 15) is 4.79 Å². The topological polar surface area (TPSA) is 72.3 Å². The van der Waals surface area contributed by atoms with Crippen molar-refractivity contribution in [3.63, 3.8) is 0 Å². The number of rotatable bonds is 4. The minimum atomic E-state index is -0.904. The van der Waals surface area contributed by atoms with Gasteiger partial charge < -0.3 is 9.84 Å². The third-order valence-electron chi connectivity index (χ3n) is 2.85. The Labute approximate surface area is 93.5 Å². The van der Waals surface area contributed by atoms with Gasteiger partial charge in [0.15, 0.2) is 0 Å². The van der Waals surface area contributed by atoms with Gasteiger partial charge in [-0.3, -0.25) is 4.79 Å². The molecule has 1 aliphatic rings. The van der Waals surface area contributed by atoms with Crippen LogP contribution in [0, 0.1) is 0 Å². The molecule has 0 radical (unpaired) electrons. The lowest BCUT2D eigenvalue weighted by Gasteiger charge is -2.24. The summed E-state index contributed by atoms with van der Waals surface area (Å²) in [5, 5.41) is 8.71. The fourth-order valence-corrected chi connectivity index (χ4v) is 1.73. The lowest BCUT2D eigenvalue weighted by atomic mass is 9.85. The van der Waals surface area contributed by atoms with E-state index < -0.39 is 5.97 Å². The molecule has 5 nitrogen and oxygen atoms in total. The highest BCUT2D eigenvalue weighted by atomic mass is 16.5. The van der Waals surface area contributed by atoms with Crippen LogP contribution in [0.4, 0.5) is 0 Å². The Balaban J connectivity index is 2.23. The summed E-state index contributed by atoms with van der Waals surface area (Å²) in [5.74, 6) is 0.683. The summed E-state index contributed by atoms with van der Waals surface area (Å²) in [5.41, 5.74) is 0.526. The summed E-state index contributed by atoms with van der Waals surface area (Å²) in [4.78, 5) is 19.1. The SMILES string of the molecule is COc1nc(C2CCC2)ncc1CC(=O)O. The third-order valence-corrected chi connectivity index (χ3v) is 2.85. The Morgan fingerprint density at radius 3 is 2.88 bits per heavy atom. The molecule has 0 amide bonds. The number of nitrogens with zero attached hydrogens (tertiary/aromatic N) is 2. The number of carbonyl (C=O) groups is 1. The van der Waals surface area contributed by atoms with Crippen molar-refractivity contribution >= 4 is 5.97 Å². The van der Waals surface area contributed by atoms with Crippen LogP contribution in [0.15, 0.2) is 6.20 Å². The molecule has 1 aromatic rings. The standard InChI is InChI=1S/C11H14N2O3/c1-16-11-8(5-9(14)15)6-12-10(13-11)7-3-2-4-7/h6-7H,2-5H2,1H3,(H,14,15). The highest BCUT2D eigenvalue weighted by Crippen LogP contribution is 2.35. The van der Waals surface area contributed by atoms with Crippen molar-refractivity contribution < 1.29 is 14.6 Å². The van der Waals surface area contributed by atoms with Crippen LogP contribution >= 0.6 is 0 Å². The van der Waals surface area contributed by atoms with Gasteiger partial charge in [0.1, 0.15) is 5.82 Å². The van der Waals surface area contributed by atoms with E-state index in [-0.39, 0.29) is 6.42 Å². The van der Waals surface area contributed by atoms with Crippen molar-refractivity contribution in [1.82, 2.24) is 9.97 Å². The molecule has 0 unspecified atom stereocenters. The maximum absolute atomic E-state index is 10.6. The average molecular weight is 222 g/mol. The zero-order valence-electron chi connectivity index (χ0n) is 9.14. The molecular formula is C11H14N2O3. The maximum Gasteiger partial charge on any atom is 0.308 e. The molecular weight excluding hydrogens is 208 g/mol. The Bertz CT molecular complexity index is 402. The number of aliphatic carboxylic acids is 1. The minimum absolute atomic E-state index is 0.103. The zero-order chi connectivity index (χ0) is 11.5. The molecule has 0 atom stereocenters. The van der Waals surface area contributed by atoms with Crippen LogP contribution in [-0.2, 0) is 11.2 Å². The van der Waals surface area contributed by atoms with Crippen LogP contribution in [0.1, 0.15) is 36.6 Å². The van der Waals surface area contributed by atoms with E-state index in [4.69, 9.17) is 9.84 Å². The first-order valence-corrected chi connectivity index (χ1v) is 5.32. The zero-order valence-corrected chi connectivity index (χ0v) is 9.14. The third kappa shape index (κ3) is 2.13. The molecule has 1 fully saturated rings. The van der Waals surface area contributed by atoms with E-state index in [0.717, 1.165) is 18.7 Å². The molecule has 5 heteroatoms. The van der Waals surface area contributed by atoms with Crippen molar-refractivity contribution in [1.29, 1.82) is 0 Å². The summed E-state index contributed by atoms with van der Waals surface area (Å²) in [6.07, 6.45) is 4.90. The summed E-state index contributed by atoms with van der Waals surface area (Å²) < 4.78 is 5.09. The maximum atomic E-state index is 10.6. The van der Waals surface area contributed by atoms with Crippen molar-refractivity contribution in [2.45, 2.75) is 31.6 Å². The van der Waals surface area contributed by atoms with Crippen LogP contribution in [0.2, 0.25) is 0 Å². The first kappa shape index (κ1) is 10.9. The number of methoxy groups -OCH3 is 1. The average Bonchev–Trinajstić information content (AvgIpc) is 2.16. The molecule has 1 heterocycles. The van der Waals surface area contributed by atoms with E-state index in [1.807, 2.05) is 0 Å². The largest absolute Gasteiger partial charge is 0.481 e. The van der Waals surface area contributed by atoms with Crippen LogP contribution in [0.3, 0.4) is 0 Å². The molecule has 0 aliphatic heterocycles. The molecule has 1 aliphatic carbocycles. The second-order valence-corrected chi connectivity index (χ2v) is 3.96. The highest BCUT2D eigenvalue weighted by Gasteiger charge is 2.23. The number of hydrogen-bond donors (Lipinski definition) is 1. The number of carboxylic acids is 1. The minimum Gasteiger partial charge on any atom is -0.481 e. The van der Waals surface area contributed by atoms with E-state index in [1.54, 1.807) is 6.20 Å². The highest BCUT2D eigenvalue weighted by molar-refractivity contribution is 5.70. The predicted molar refractivity (Wildman–Crippen MR) is 56.5 cm³/mol. The Morgan fingerprint density at radius 2 is 2.38 bits per heavy atom. The molecule has 0 aromatic carbocycles. The molecule has 0 bridgehead atoms. The summed E-state index contributed by atoms with van der Waals surface area (Å²) in [7, 11) is 1.50. The van der Waals surface area contributed by atoms with Gasteiger partial charge in [-0.2, -0.15) is 4.98 Å². The lowest BCUT2D eigenvalue weighted by molar-refractivity contribution is -0.136. The molecule has 86 valence electrons. The van der Waals surface area contributed by atoms with E-state index in [0.29, 0.717) is 17.4 Å². The first-order chi connectivity index (χ1) is 7.70. The van der Waals surface area contributed by atoms with E-state index >= 15 is 0 Å². The number of ether oxygens (including phenoxy) is 1. The van der Waals surface area contributed by atoms with Gasteiger partial charge in [0.05, 0.1) is 13.5 Å². The van der Waals surface area contributed by atoms with Gasteiger partial charge in [0.25, 0.3) is 0 Å². The van der Waals surface area contributed by atoms with Crippen molar-refractivity contribution in [3.05, 3.63) is 17.6 Å². The Hall–Kier alpha value is -1.65. The predicted octanol–water partition coefficient (Wildman–Crippen LogP) is 1.38. The van der Waals surface area contributed by atoms with Crippen molar-refractivity contribution in [2.24, 2.45) is 0 Å². The van der Waals surface area contributed by atoms with Crippen molar-refractivity contribution in [2.75, 3.05) is 7.11 Å². The van der Waals surface area contributed by atoms with Gasteiger partial charge >= 0.3 is 5.97 Å². The fraction of sp³-hybridized carbons (Fsp3) is 0.545. The van der Waals surface area contributed by atoms with E-state index in [2.05, 4.69) is 9.97 Å². The van der Waals surface area contributed by atoms with Crippen LogP contribution in [0.5, 0.6) is 5.88 Å². The van der Waals surface area contributed by atoms with Crippen LogP contribution in [-0.4, -0.2) is 28.2 Å². The van der Waals surface area contributed by atoms with Gasteiger partial charge in [-0.25, -0.2) is 4.98 Å². The molecule has 0 saturated heterocycles. The second kappa shape index (κ2) is 4.47. The molecule has 1 saturated carbocycles. The Morgan fingerprint density at radius 1 is 1.62 bits per heavy atom. The molecule has 0 spiro atoms. The molecule has 16 heavy (non-hydrogen) atoms. The normalized spacial score (nSPS) is 15.6. The van der Waals surface area contributed by atoms with E-state index in [1.165, 1.54) is 13.5 Å². The van der Waals surface area contributed by atoms with Gasteiger partial charge in [0, 0.05) is 17.7 Å². The Kier molecular flexibility index (Phi) is 3.03. The summed E-state index contributed by atoms with van der Waals surface area (Å²) in [6, 6.07) is 0.